The van der Waals surface area contributed by atoms with Crippen LogP contribution in [0.25, 0.3) is 0 Å². The first-order valence-electron chi connectivity index (χ1n) is 7.31. The topological polar surface area (TPSA) is 116 Å². The number of nitrogens with one attached hydrogen (secondary N) is 2. The van der Waals surface area contributed by atoms with Crippen molar-refractivity contribution >= 4 is 15.9 Å². The van der Waals surface area contributed by atoms with Crippen molar-refractivity contribution in [3.63, 3.8) is 0 Å². The zero-order chi connectivity index (χ0) is 17.9. The zero-order valence-electron chi connectivity index (χ0n) is 13.0. The molecule has 0 spiro atoms. The van der Waals surface area contributed by atoms with Gasteiger partial charge in [-0.2, -0.15) is 0 Å². The van der Waals surface area contributed by atoms with Gasteiger partial charge in [-0.05, 0) is 18.2 Å². The third-order valence-corrected chi connectivity index (χ3v) is 4.61. The Balaban J connectivity index is 1.66. The van der Waals surface area contributed by atoms with Gasteiger partial charge < -0.3 is 14.0 Å². The predicted molar refractivity (Wildman–Crippen MR) is 86.6 cm³/mol. The third kappa shape index (κ3) is 3.98. The number of benzene rings is 1. The average molecular weight is 365 g/mol. The maximum Gasteiger partial charge on any atom is 0.257 e. The number of hydrogen-bond donors (Lipinski definition) is 2. The van der Waals surface area contributed by atoms with Gasteiger partial charge in [0.25, 0.3) is 21.5 Å². The first-order chi connectivity index (χ1) is 12.0. The fourth-order valence-electron chi connectivity index (χ4n) is 2.16. The Kier molecular flexibility index (Phi) is 4.72. The summed E-state index contributed by atoms with van der Waals surface area (Å²) in [6.07, 6.45) is 1.43. The standard InChI is InChI=1S/C15H15N3O6S/c19-14(10-18-6-2-1-3-15(18)20)16-17-25(21,22)11-4-5-12-13(9-11)24-8-7-23-12/h1-6,9,17H,7-8,10H2,(H,16,19). The molecule has 1 aliphatic heterocycles. The van der Waals surface area contributed by atoms with E-state index in [0.29, 0.717) is 24.7 Å². The van der Waals surface area contributed by atoms with Gasteiger partial charge in [-0.25, -0.2) is 8.42 Å². The summed E-state index contributed by atoms with van der Waals surface area (Å²) >= 11 is 0. The van der Waals surface area contributed by atoms with Gasteiger partial charge in [0.2, 0.25) is 0 Å². The van der Waals surface area contributed by atoms with E-state index >= 15 is 0 Å². The molecule has 2 heterocycles. The van der Waals surface area contributed by atoms with Crippen LogP contribution in [0.2, 0.25) is 0 Å². The van der Waals surface area contributed by atoms with Gasteiger partial charge >= 0.3 is 0 Å². The Morgan fingerprint density at radius 1 is 1.12 bits per heavy atom. The number of ether oxygens (including phenoxy) is 2. The normalized spacial score (nSPS) is 13.3. The minimum atomic E-state index is -4.00. The van der Waals surface area contributed by atoms with Gasteiger partial charge in [0, 0.05) is 18.3 Å². The van der Waals surface area contributed by atoms with Crippen LogP contribution < -0.4 is 25.3 Å². The molecule has 0 saturated heterocycles. The first kappa shape index (κ1) is 17.0. The van der Waals surface area contributed by atoms with Crippen LogP contribution in [-0.4, -0.2) is 32.1 Å². The third-order valence-electron chi connectivity index (χ3n) is 3.36. The summed E-state index contributed by atoms with van der Waals surface area (Å²) in [5, 5.41) is 0. The number of hydrazine groups is 1. The monoisotopic (exact) mass is 365 g/mol. The number of carbonyl (C=O) groups is 1. The summed E-state index contributed by atoms with van der Waals surface area (Å²) in [6, 6.07) is 8.56. The molecule has 1 amide bonds. The van der Waals surface area contributed by atoms with Crippen LogP contribution in [0.3, 0.4) is 0 Å². The number of rotatable bonds is 5. The fraction of sp³-hybridized carbons (Fsp3) is 0.200. The largest absolute Gasteiger partial charge is 0.486 e. The van der Waals surface area contributed by atoms with Crippen LogP contribution in [0.15, 0.2) is 52.3 Å². The van der Waals surface area contributed by atoms with Gasteiger partial charge in [0.05, 0.1) is 4.90 Å². The van der Waals surface area contributed by atoms with E-state index in [1.165, 1.54) is 30.5 Å². The van der Waals surface area contributed by atoms with E-state index in [0.717, 1.165) is 4.57 Å². The Morgan fingerprint density at radius 3 is 2.64 bits per heavy atom. The molecule has 0 bridgehead atoms. The second-order valence-electron chi connectivity index (χ2n) is 5.13. The lowest BCUT2D eigenvalue weighted by molar-refractivity contribution is -0.122. The van der Waals surface area contributed by atoms with E-state index in [4.69, 9.17) is 9.47 Å². The molecule has 10 heteroatoms. The van der Waals surface area contributed by atoms with Crippen LogP contribution >= 0.6 is 0 Å². The van der Waals surface area contributed by atoms with Crippen molar-refractivity contribution in [3.8, 4) is 11.5 Å². The molecule has 2 N–H and O–H groups in total. The maximum absolute atomic E-state index is 12.3. The second kappa shape index (κ2) is 6.95. The molecule has 0 unspecified atom stereocenters. The fourth-order valence-corrected chi connectivity index (χ4v) is 3.03. The van der Waals surface area contributed by atoms with E-state index in [1.807, 2.05) is 4.83 Å². The van der Waals surface area contributed by atoms with Crippen molar-refractivity contribution in [2.45, 2.75) is 11.4 Å². The summed E-state index contributed by atoms with van der Waals surface area (Å²) in [5.41, 5.74) is 1.70. The lowest BCUT2D eigenvalue weighted by Crippen LogP contribution is -2.44. The summed E-state index contributed by atoms with van der Waals surface area (Å²) in [5.74, 6) is 0.0865. The highest BCUT2D eigenvalue weighted by Crippen LogP contribution is 2.31. The van der Waals surface area contributed by atoms with Gasteiger partial charge in [0.1, 0.15) is 19.8 Å². The van der Waals surface area contributed by atoms with Crippen LogP contribution in [0.5, 0.6) is 11.5 Å². The summed E-state index contributed by atoms with van der Waals surface area (Å²) in [6.45, 7) is 0.405. The van der Waals surface area contributed by atoms with Gasteiger partial charge in [-0.1, -0.05) is 6.07 Å². The first-order valence-corrected chi connectivity index (χ1v) is 8.80. The zero-order valence-corrected chi connectivity index (χ0v) is 13.8. The van der Waals surface area contributed by atoms with E-state index in [2.05, 4.69) is 5.43 Å². The number of amides is 1. The highest BCUT2D eigenvalue weighted by Gasteiger charge is 2.20. The van der Waals surface area contributed by atoms with E-state index in [-0.39, 0.29) is 17.0 Å². The summed E-state index contributed by atoms with van der Waals surface area (Å²) < 4.78 is 36.3. The van der Waals surface area contributed by atoms with Crippen molar-refractivity contribution in [3.05, 3.63) is 52.9 Å². The molecule has 9 nitrogen and oxygen atoms in total. The number of carbonyl (C=O) groups excluding carboxylic acids is 1. The molecule has 3 rings (SSSR count). The van der Waals surface area contributed by atoms with Crippen molar-refractivity contribution in [1.29, 1.82) is 0 Å². The number of sulfonamides is 1. The molecule has 1 aromatic carbocycles. The number of nitrogens with zero attached hydrogens (tertiary/aromatic N) is 1. The molecule has 0 atom stereocenters. The second-order valence-corrected chi connectivity index (χ2v) is 6.81. The van der Waals surface area contributed by atoms with Crippen LogP contribution in [-0.2, 0) is 21.4 Å². The smallest absolute Gasteiger partial charge is 0.257 e. The van der Waals surface area contributed by atoms with E-state index in [1.54, 1.807) is 12.1 Å². The van der Waals surface area contributed by atoms with Crippen molar-refractivity contribution in [2.24, 2.45) is 0 Å². The lowest BCUT2D eigenvalue weighted by atomic mass is 10.3. The van der Waals surface area contributed by atoms with Crippen molar-refractivity contribution in [1.82, 2.24) is 14.8 Å². The van der Waals surface area contributed by atoms with Crippen molar-refractivity contribution < 1.29 is 22.7 Å². The molecule has 2 aromatic rings. The minimum Gasteiger partial charge on any atom is -0.486 e. The summed E-state index contributed by atoms with van der Waals surface area (Å²) in [7, 11) is -4.00. The van der Waals surface area contributed by atoms with Gasteiger partial charge in [-0.3, -0.25) is 15.0 Å². The van der Waals surface area contributed by atoms with Gasteiger partial charge in [-0.15, -0.1) is 4.83 Å². The molecule has 132 valence electrons. The van der Waals surface area contributed by atoms with E-state index in [9.17, 15) is 18.0 Å². The Hall–Kier alpha value is -2.85. The minimum absolute atomic E-state index is 0.0890. The van der Waals surface area contributed by atoms with Crippen molar-refractivity contribution in [2.75, 3.05) is 13.2 Å². The average Bonchev–Trinajstić information content (AvgIpc) is 2.62. The Morgan fingerprint density at radius 2 is 1.88 bits per heavy atom. The molecular weight excluding hydrogens is 350 g/mol. The molecule has 1 aromatic heterocycles. The molecule has 0 radical (unpaired) electrons. The quantitative estimate of drug-likeness (QED) is 0.699. The number of fused-ring (bicyclic) bond motifs is 1. The summed E-state index contributed by atoms with van der Waals surface area (Å²) in [4.78, 5) is 25.3. The molecule has 1 aliphatic rings. The predicted octanol–water partition coefficient (Wildman–Crippen LogP) is -0.371. The number of aromatic nitrogens is 1. The van der Waals surface area contributed by atoms with E-state index < -0.39 is 15.9 Å². The highest BCUT2D eigenvalue weighted by atomic mass is 32.2. The maximum atomic E-state index is 12.3. The van der Waals surface area contributed by atoms with Crippen LogP contribution in [0, 0.1) is 0 Å². The van der Waals surface area contributed by atoms with Crippen LogP contribution in [0.4, 0.5) is 0 Å². The Labute approximate surface area is 143 Å². The molecular formula is C15H15N3O6S. The Bertz CT molecular complexity index is 954. The molecule has 0 fully saturated rings. The number of pyridine rings is 1. The number of hydrogen-bond acceptors (Lipinski definition) is 6. The molecule has 0 saturated carbocycles. The molecule has 25 heavy (non-hydrogen) atoms. The lowest BCUT2D eigenvalue weighted by Gasteiger charge is -2.19. The highest BCUT2D eigenvalue weighted by molar-refractivity contribution is 7.89. The molecule has 0 aliphatic carbocycles. The SMILES string of the molecule is O=C(Cn1ccccc1=O)NNS(=O)(=O)c1ccc2c(c1)OCCO2. The van der Waals surface area contributed by atoms with Gasteiger partial charge in [0.15, 0.2) is 11.5 Å². The van der Waals surface area contributed by atoms with Crippen LogP contribution in [0.1, 0.15) is 0 Å².